The van der Waals surface area contributed by atoms with Crippen LogP contribution in [0.4, 0.5) is 5.69 Å². The second-order valence-corrected chi connectivity index (χ2v) is 3.77. The lowest BCUT2D eigenvalue weighted by atomic mass is 10.1. The van der Waals surface area contributed by atoms with Crippen LogP contribution in [-0.2, 0) is 5.88 Å². The largest absolute Gasteiger partial charge is 0.444 e. The fourth-order valence-corrected chi connectivity index (χ4v) is 1.69. The van der Waals surface area contributed by atoms with E-state index < -0.39 is 4.92 Å². The van der Waals surface area contributed by atoms with Crippen molar-refractivity contribution < 1.29 is 9.34 Å². The lowest BCUT2D eigenvalue weighted by Gasteiger charge is -2.01. The zero-order valence-corrected chi connectivity index (χ0v) is 9.77. The first-order chi connectivity index (χ1) is 8.13. The van der Waals surface area contributed by atoms with Gasteiger partial charge in [-0.05, 0) is 13.0 Å². The molecule has 2 aromatic rings. The summed E-state index contributed by atoms with van der Waals surface area (Å²) in [7, 11) is 0. The maximum absolute atomic E-state index is 11.0. The minimum absolute atomic E-state index is 0.00970. The molecule has 0 saturated carbocycles. The monoisotopic (exact) mass is 252 g/mol. The average Bonchev–Trinajstić information content (AvgIpc) is 2.76. The Balaban J connectivity index is 2.58. The van der Waals surface area contributed by atoms with Crippen LogP contribution in [0.5, 0.6) is 0 Å². The maximum atomic E-state index is 11.0. The maximum Gasteiger partial charge on any atom is 0.284 e. The third-order valence-corrected chi connectivity index (χ3v) is 2.61. The Kier molecular flexibility index (Phi) is 3.10. The van der Waals surface area contributed by atoms with Crippen molar-refractivity contribution in [1.29, 1.82) is 0 Å². The Bertz CT molecular complexity index is 566. The van der Waals surface area contributed by atoms with Crippen molar-refractivity contribution in [3.63, 3.8) is 0 Å². The molecule has 0 radical (unpaired) electrons. The molecular formula is C11H9ClN2O3. The van der Waals surface area contributed by atoms with Crippen LogP contribution in [0.25, 0.3) is 11.5 Å². The van der Waals surface area contributed by atoms with E-state index >= 15 is 0 Å². The van der Waals surface area contributed by atoms with Crippen LogP contribution in [0.2, 0.25) is 0 Å². The lowest BCUT2D eigenvalue weighted by molar-refractivity contribution is -0.384. The van der Waals surface area contributed by atoms with Gasteiger partial charge in [-0.1, -0.05) is 12.1 Å². The standard InChI is InChI=1S/C11H9ClN2O3/c1-7-3-2-4-9(10(7)14(15)16)11-13-8(5-12)6-17-11/h2-4,6H,5H2,1H3. The zero-order valence-electron chi connectivity index (χ0n) is 9.01. The van der Waals surface area contributed by atoms with Crippen molar-refractivity contribution in [2.45, 2.75) is 12.8 Å². The fraction of sp³-hybridized carbons (Fsp3) is 0.182. The quantitative estimate of drug-likeness (QED) is 0.477. The summed E-state index contributed by atoms with van der Waals surface area (Å²) in [5.74, 6) is 0.430. The van der Waals surface area contributed by atoms with E-state index in [1.54, 1.807) is 25.1 Å². The number of oxazole rings is 1. The van der Waals surface area contributed by atoms with Crippen molar-refractivity contribution >= 4 is 17.3 Å². The highest BCUT2D eigenvalue weighted by Crippen LogP contribution is 2.31. The van der Waals surface area contributed by atoms with Gasteiger partial charge in [-0.3, -0.25) is 10.1 Å². The van der Waals surface area contributed by atoms with E-state index in [1.165, 1.54) is 6.26 Å². The molecule has 5 nitrogen and oxygen atoms in total. The van der Waals surface area contributed by atoms with Crippen LogP contribution in [0.15, 0.2) is 28.9 Å². The summed E-state index contributed by atoms with van der Waals surface area (Å²) < 4.78 is 5.19. The average molecular weight is 253 g/mol. The van der Waals surface area contributed by atoms with Crippen LogP contribution < -0.4 is 0 Å². The molecule has 1 aromatic heterocycles. The zero-order chi connectivity index (χ0) is 12.4. The van der Waals surface area contributed by atoms with Crippen LogP contribution in [0.3, 0.4) is 0 Å². The van der Waals surface area contributed by atoms with Gasteiger partial charge in [-0.25, -0.2) is 4.98 Å². The Morgan fingerprint density at radius 2 is 2.29 bits per heavy atom. The molecule has 6 heteroatoms. The number of halogens is 1. The SMILES string of the molecule is Cc1cccc(-c2nc(CCl)co2)c1[N+](=O)[O-]. The first-order valence-electron chi connectivity index (χ1n) is 4.88. The van der Waals surface area contributed by atoms with Gasteiger partial charge in [0, 0.05) is 5.56 Å². The summed E-state index contributed by atoms with van der Waals surface area (Å²) in [4.78, 5) is 14.6. The Hall–Kier alpha value is -1.88. The van der Waals surface area contributed by atoms with E-state index in [4.69, 9.17) is 16.0 Å². The van der Waals surface area contributed by atoms with Gasteiger partial charge in [-0.2, -0.15) is 0 Å². The highest BCUT2D eigenvalue weighted by atomic mass is 35.5. The third kappa shape index (κ3) is 2.14. The molecule has 17 heavy (non-hydrogen) atoms. The van der Waals surface area contributed by atoms with E-state index in [-0.39, 0.29) is 17.5 Å². The molecule has 0 spiro atoms. The third-order valence-electron chi connectivity index (χ3n) is 2.34. The van der Waals surface area contributed by atoms with Gasteiger partial charge in [0.15, 0.2) is 0 Å². The summed E-state index contributed by atoms with van der Waals surface area (Å²) in [6.07, 6.45) is 1.40. The number of aryl methyl sites for hydroxylation is 1. The Labute approximate surface area is 102 Å². The molecule has 0 atom stereocenters. The van der Waals surface area contributed by atoms with Gasteiger partial charge >= 0.3 is 0 Å². The second-order valence-electron chi connectivity index (χ2n) is 3.51. The molecule has 0 aliphatic carbocycles. The van der Waals surface area contributed by atoms with E-state index in [9.17, 15) is 10.1 Å². The van der Waals surface area contributed by atoms with Crippen molar-refractivity contribution in [2.75, 3.05) is 0 Å². The van der Waals surface area contributed by atoms with Crippen molar-refractivity contribution in [3.8, 4) is 11.5 Å². The number of rotatable bonds is 3. The molecule has 0 aliphatic heterocycles. The predicted molar refractivity (Wildman–Crippen MR) is 62.9 cm³/mol. The minimum Gasteiger partial charge on any atom is -0.444 e. The molecule has 0 unspecified atom stereocenters. The molecule has 88 valence electrons. The normalized spacial score (nSPS) is 10.5. The summed E-state index contributed by atoms with van der Waals surface area (Å²) in [6.45, 7) is 1.67. The smallest absolute Gasteiger partial charge is 0.284 e. The number of alkyl halides is 1. The molecular weight excluding hydrogens is 244 g/mol. The van der Waals surface area contributed by atoms with E-state index in [0.29, 0.717) is 16.8 Å². The highest BCUT2D eigenvalue weighted by molar-refractivity contribution is 6.16. The van der Waals surface area contributed by atoms with Crippen LogP contribution >= 0.6 is 11.6 Å². The summed E-state index contributed by atoms with van der Waals surface area (Å²) in [6, 6.07) is 5.00. The van der Waals surface area contributed by atoms with Crippen molar-refractivity contribution in [1.82, 2.24) is 4.98 Å². The molecule has 2 rings (SSSR count). The number of hydrogen-bond donors (Lipinski definition) is 0. The molecule has 0 N–H and O–H groups in total. The Morgan fingerprint density at radius 1 is 1.53 bits per heavy atom. The second kappa shape index (κ2) is 4.55. The van der Waals surface area contributed by atoms with Crippen molar-refractivity contribution in [2.24, 2.45) is 0 Å². The fourth-order valence-electron chi connectivity index (χ4n) is 1.57. The van der Waals surface area contributed by atoms with Gasteiger partial charge in [0.2, 0.25) is 5.89 Å². The van der Waals surface area contributed by atoms with E-state index in [1.807, 2.05) is 0 Å². The number of benzene rings is 1. The van der Waals surface area contributed by atoms with Gasteiger partial charge in [0.1, 0.15) is 11.8 Å². The van der Waals surface area contributed by atoms with Gasteiger partial charge in [-0.15, -0.1) is 11.6 Å². The Morgan fingerprint density at radius 3 is 2.88 bits per heavy atom. The summed E-state index contributed by atoms with van der Waals surface area (Å²) in [5.41, 5.74) is 1.50. The van der Waals surface area contributed by atoms with E-state index in [0.717, 1.165) is 0 Å². The van der Waals surface area contributed by atoms with Crippen molar-refractivity contribution in [3.05, 3.63) is 45.8 Å². The molecule has 1 aromatic carbocycles. The summed E-state index contributed by atoms with van der Waals surface area (Å²) >= 11 is 5.60. The van der Waals surface area contributed by atoms with Crippen LogP contribution in [0.1, 0.15) is 11.3 Å². The number of nitrogens with zero attached hydrogens (tertiary/aromatic N) is 2. The minimum atomic E-state index is -0.435. The molecule has 0 amide bonds. The van der Waals surface area contributed by atoms with Crippen LogP contribution in [0, 0.1) is 17.0 Å². The molecule has 1 heterocycles. The first-order valence-corrected chi connectivity index (χ1v) is 5.41. The van der Waals surface area contributed by atoms with Crippen LogP contribution in [-0.4, -0.2) is 9.91 Å². The number of hydrogen-bond acceptors (Lipinski definition) is 4. The van der Waals surface area contributed by atoms with E-state index in [2.05, 4.69) is 4.98 Å². The number of nitro benzene ring substituents is 1. The van der Waals surface area contributed by atoms with Gasteiger partial charge < -0.3 is 4.42 Å². The van der Waals surface area contributed by atoms with Gasteiger partial charge in [0.05, 0.1) is 16.5 Å². The predicted octanol–water partition coefficient (Wildman–Crippen LogP) is 3.30. The topological polar surface area (TPSA) is 69.2 Å². The molecule has 0 aliphatic rings. The molecule has 0 bridgehead atoms. The highest BCUT2D eigenvalue weighted by Gasteiger charge is 2.21. The number of aromatic nitrogens is 1. The summed E-state index contributed by atoms with van der Waals surface area (Å²) in [5, 5.41) is 11.0. The number of nitro groups is 1. The molecule has 0 fully saturated rings. The lowest BCUT2D eigenvalue weighted by Crippen LogP contribution is -1.95. The first kappa shape index (κ1) is 11.6. The van der Waals surface area contributed by atoms with Gasteiger partial charge in [0.25, 0.3) is 5.69 Å². The molecule has 0 saturated heterocycles. The number of para-hydroxylation sites is 1.